The Morgan fingerprint density at radius 3 is 2.24 bits per heavy atom. The van der Waals surface area contributed by atoms with Gasteiger partial charge in [-0.15, -0.1) is 0 Å². The zero-order valence-electron chi connectivity index (χ0n) is 19.1. The van der Waals surface area contributed by atoms with Crippen LogP contribution >= 0.6 is 0 Å². The Bertz CT molecular complexity index is 1020. The molecule has 1 saturated heterocycles. The van der Waals surface area contributed by atoms with Crippen LogP contribution in [0.25, 0.3) is 11.0 Å². The number of aromatic nitrogens is 5. The number of fused-ring (bicyclic) bond motifs is 1. The van der Waals surface area contributed by atoms with Crippen LogP contribution in [-0.4, -0.2) is 58.1 Å². The molecule has 0 atom stereocenters. The summed E-state index contributed by atoms with van der Waals surface area (Å²) in [6, 6.07) is 5.99. The van der Waals surface area contributed by atoms with Crippen molar-refractivity contribution in [2.75, 3.05) is 31.2 Å². The number of aryl methyl sites for hydroxylation is 3. The molecule has 0 spiro atoms. The largest absolute Gasteiger partial charge is 0.379 e. The van der Waals surface area contributed by atoms with Crippen molar-refractivity contribution in [1.82, 2.24) is 25.1 Å². The quantitative estimate of drug-likeness (QED) is 0.546. The van der Waals surface area contributed by atoms with E-state index in [0.717, 1.165) is 54.7 Å². The van der Waals surface area contributed by atoms with Crippen molar-refractivity contribution in [3.63, 3.8) is 0 Å². The van der Waals surface area contributed by atoms with E-state index in [4.69, 9.17) is 19.7 Å². The Morgan fingerprint density at radius 1 is 1.03 bits per heavy atom. The van der Waals surface area contributed by atoms with E-state index in [1.807, 2.05) is 26.0 Å². The topological polar surface area (TPSA) is 76.9 Å². The fourth-order valence-corrected chi connectivity index (χ4v) is 3.53. The molecule has 0 amide bonds. The molecule has 0 bridgehead atoms. The number of alkyl halides is 3. The molecule has 7 nitrogen and oxygen atoms in total. The minimum Gasteiger partial charge on any atom is -0.378 e. The summed E-state index contributed by atoms with van der Waals surface area (Å²) < 4.78 is 34.4. The maximum atomic E-state index is 9.67. The Hall–Kier alpha value is -2.88. The van der Waals surface area contributed by atoms with E-state index >= 15 is 0 Å². The first kappa shape index (κ1) is 24.8. The van der Waals surface area contributed by atoms with Gasteiger partial charge in [0.05, 0.1) is 24.6 Å². The summed E-state index contributed by atoms with van der Waals surface area (Å²) in [7, 11) is 0. The number of morpholine rings is 1. The van der Waals surface area contributed by atoms with E-state index in [2.05, 4.69) is 28.1 Å². The van der Waals surface area contributed by atoms with Crippen LogP contribution in [0.5, 0.6) is 0 Å². The van der Waals surface area contributed by atoms with E-state index in [0.29, 0.717) is 5.92 Å². The van der Waals surface area contributed by atoms with Crippen LogP contribution in [0, 0.1) is 20.8 Å². The van der Waals surface area contributed by atoms with Crippen LogP contribution in [-0.2, 0) is 4.74 Å². The molecule has 0 aromatic carbocycles. The fraction of sp³-hybridized carbons (Fsp3) is 0.522. The number of halogens is 3. The third-order valence-electron chi connectivity index (χ3n) is 5.64. The minimum atomic E-state index is -3.67. The van der Waals surface area contributed by atoms with E-state index in [1.165, 1.54) is 30.5 Å². The van der Waals surface area contributed by atoms with Crippen molar-refractivity contribution >= 4 is 17.0 Å². The predicted molar refractivity (Wildman–Crippen MR) is 120 cm³/mol. The van der Waals surface area contributed by atoms with Crippen LogP contribution in [0.1, 0.15) is 47.8 Å². The molecule has 33 heavy (non-hydrogen) atoms. The van der Waals surface area contributed by atoms with Crippen molar-refractivity contribution in [2.24, 2.45) is 0 Å². The van der Waals surface area contributed by atoms with Gasteiger partial charge < -0.3 is 9.64 Å². The summed E-state index contributed by atoms with van der Waals surface area (Å²) in [6.07, 6.45) is 5.44. The Morgan fingerprint density at radius 2 is 1.73 bits per heavy atom. The van der Waals surface area contributed by atoms with Gasteiger partial charge in [0.1, 0.15) is 0 Å². The first-order valence-electron chi connectivity index (χ1n) is 11.0. The molecule has 10 heteroatoms. The zero-order valence-corrected chi connectivity index (χ0v) is 19.1. The molecule has 1 saturated carbocycles. The maximum absolute atomic E-state index is 9.67. The molecule has 0 unspecified atom stereocenters. The third kappa shape index (κ3) is 7.05. The molecule has 0 N–H and O–H groups in total. The molecular formula is C23H29F3N6O. The number of nitrogens with zero attached hydrogens (tertiary/aromatic N) is 6. The second-order valence-electron chi connectivity index (χ2n) is 8.01. The lowest BCUT2D eigenvalue weighted by atomic mass is 9.81. The second kappa shape index (κ2) is 11.8. The minimum absolute atomic E-state index is 0.578. The summed E-state index contributed by atoms with van der Waals surface area (Å²) in [6.45, 7) is 5.63. The smallest absolute Gasteiger partial charge is 0.378 e. The molecular weight excluding hydrogens is 433 g/mol. The van der Waals surface area contributed by atoms with Crippen LogP contribution in [0.4, 0.5) is 19.1 Å². The van der Waals surface area contributed by atoms with Gasteiger partial charge in [0.25, 0.3) is 0 Å². The molecule has 178 valence electrons. The summed E-state index contributed by atoms with van der Waals surface area (Å²) in [5, 5.41) is 8.51. The number of hydrogen-bond donors (Lipinski definition) is 0. The summed E-state index contributed by atoms with van der Waals surface area (Å²) in [4.78, 5) is 16.6. The van der Waals surface area contributed by atoms with Crippen LogP contribution < -0.4 is 4.90 Å². The van der Waals surface area contributed by atoms with Gasteiger partial charge in [-0.05, 0) is 57.4 Å². The molecule has 4 heterocycles. The van der Waals surface area contributed by atoms with Gasteiger partial charge in [0.15, 0.2) is 5.65 Å². The molecule has 0 radical (unpaired) electrons. The standard InChI is InChI=1S/C17H22N4O.C5H6N2.CHF3/c1-11-10-14-15(13-4-3-5-13)19-17(20-16(14)18-12(11)2)21-6-8-22-9-7-21;1-5-3-2-4-6-7-5;2-1(3)4/h10,13H,3-9H2,1-2H3;2-4H,1H3;1H. The Kier molecular flexibility index (Phi) is 8.87. The molecule has 2 fully saturated rings. The van der Waals surface area contributed by atoms with Crippen molar-refractivity contribution in [3.05, 3.63) is 47.0 Å². The van der Waals surface area contributed by atoms with Gasteiger partial charge in [-0.2, -0.15) is 28.4 Å². The van der Waals surface area contributed by atoms with E-state index in [9.17, 15) is 13.2 Å². The third-order valence-corrected chi connectivity index (χ3v) is 5.64. The second-order valence-corrected chi connectivity index (χ2v) is 8.01. The number of pyridine rings is 1. The highest BCUT2D eigenvalue weighted by Crippen LogP contribution is 2.39. The molecule has 5 rings (SSSR count). The van der Waals surface area contributed by atoms with Crippen LogP contribution in [0.2, 0.25) is 0 Å². The molecule has 1 aliphatic carbocycles. The predicted octanol–water partition coefficient (Wildman–Crippen LogP) is 4.71. The Balaban J connectivity index is 0.000000231. The van der Waals surface area contributed by atoms with E-state index < -0.39 is 6.68 Å². The average molecular weight is 463 g/mol. The molecule has 1 aliphatic heterocycles. The summed E-state index contributed by atoms with van der Waals surface area (Å²) >= 11 is 0. The van der Waals surface area contributed by atoms with Gasteiger partial charge in [-0.25, -0.2) is 9.97 Å². The first-order chi connectivity index (χ1) is 15.8. The van der Waals surface area contributed by atoms with Gasteiger partial charge in [0, 0.05) is 36.3 Å². The SMILES string of the molecule is Cc1cc2c(C3CCC3)nc(N3CCOCC3)nc2nc1C.Cc1cccnn1.FC(F)F. The first-order valence-corrected chi connectivity index (χ1v) is 11.0. The van der Waals surface area contributed by atoms with Gasteiger partial charge in [0.2, 0.25) is 5.95 Å². The van der Waals surface area contributed by atoms with E-state index in [-0.39, 0.29) is 0 Å². The average Bonchev–Trinajstić information content (AvgIpc) is 2.75. The van der Waals surface area contributed by atoms with Gasteiger partial charge in [-0.3, -0.25) is 0 Å². The number of rotatable bonds is 2. The lowest BCUT2D eigenvalue weighted by Crippen LogP contribution is -2.37. The van der Waals surface area contributed by atoms with Crippen LogP contribution in [0.15, 0.2) is 24.4 Å². The maximum Gasteiger partial charge on any atom is 0.379 e. The van der Waals surface area contributed by atoms with Crippen LogP contribution in [0.3, 0.4) is 0 Å². The Labute approximate surface area is 191 Å². The summed E-state index contributed by atoms with van der Waals surface area (Å²) in [5.41, 5.74) is 5.28. The zero-order chi connectivity index (χ0) is 23.8. The monoisotopic (exact) mass is 462 g/mol. The lowest BCUT2D eigenvalue weighted by Gasteiger charge is -2.30. The highest BCUT2D eigenvalue weighted by Gasteiger charge is 2.26. The van der Waals surface area contributed by atoms with Gasteiger partial charge in [-0.1, -0.05) is 6.42 Å². The molecule has 3 aromatic rings. The van der Waals surface area contributed by atoms with Gasteiger partial charge >= 0.3 is 6.68 Å². The fourth-order valence-electron chi connectivity index (χ4n) is 3.53. The number of ether oxygens (including phenoxy) is 1. The number of anilines is 1. The van der Waals surface area contributed by atoms with Crippen molar-refractivity contribution in [3.8, 4) is 0 Å². The molecule has 3 aromatic heterocycles. The van der Waals surface area contributed by atoms with Crippen molar-refractivity contribution in [2.45, 2.75) is 52.6 Å². The lowest BCUT2D eigenvalue weighted by molar-refractivity contribution is 0.00819. The van der Waals surface area contributed by atoms with Crippen molar-refractivity contribution < 1.29 is 17.9 Å². The summed E-state index contributed by atoms with van der Waals surface area (Å²) in [5.74, 6) is 1.41. The highest BCUT2D eigenvalue weighted by molar-refractivity contribution is 5.80. The highest BCUT2D eigenvalue weighted by atomic mass is 19.4. The number of hydrogen-bond acceptors (Lipinski definition) is 7. The normalized spacial score (nSPS) is 15.9. The molecule has 2 aliphatic rings. The van der Waals surface area contributed by atoms with E-state index in [1.54, 1.807) is 6.20 Å². The van der Waals surface area contributed by atoms with Crippen molar-refractivity contribution in [1.29, 1.82) is 0 Å².